The molecule has 0 aliphatic heterocycles. The maximum atomic E-state index is 3.59. The van der Waals surface area contributed by atoms with Gasteiger partial charge in [0.15, 0.2) is 0 Å². The molecule has 0 saturated heterocycles. The second-order valence-electron chi connectivity index (χ2n) is 4.91. The lowest BCUT2D eigenvalue weighted by Gasteiger charge is -2.19. The van der Waals surface area contributed by atoms with Crippen molar-refractivity contribution in [3.63, 3.8) is 0 Å². The Bertz CT molecular complexity index is 131. The van der Waals surface area contributed by atoms with E-state index in [1.54, 1.807) is 0 Å². The SMILES string of the molecule is CCC1CCCC1CNCC(C)C. The van der Waals surface area contributed by atoms with Crippen LogP contribution in [0.15, 0.2) is 0 Å². The molecule has 2 atom stereocenters. The molecule has 0 spiro atoms. The maximum Gasteiger partial charge on any atom is -0.00178 e. The first-order valence-corrected chi connectivity index (χ1v) is 5.94. The van der Waals surface area contributed by atoms with Crippen molar-refractivity contribution in [1.82, 2.24) is 5.32 Å². The highest BCUT2D eigenvalue weighted by Crippen LogP contribution is 2.33. The fraction of sp³-hybridized carbons (Fsp3) is 1.00. The molecular formula is C12H25N. The van der Waals surface area contributed by atoms with E-state index in [1.807, 2.05) is 0 Å². The third-order valence-corrected chi connectivity index (χ3v) is 3.30. The minimum absolute atomic E-state index is 0.793. The van der Waals surface area contributed by atoms with Gasteiger partial charge in [0.25, 0.3) is 0 Å². The normalized spacial score (nSPS) is 28.6. The second kappa shape index (κ2) is 5.64. The van der Waals surface area contributed by atoms with Gasteiger partial charge in [0, 0.05) is 0 Å². The fourth-order valence-corrected chi connectivity index (χ4v) is 2.48. The zero-order valence-electron chi connectivity index (χ0n) is 9.47. The lowest BCUT2D eigenvalue weighted by Crippen LogP contribution is -2.28. The largest absolute Gasteiger partial charge is 0.316 e. The van der Waals surface area contributed by atoms with Crippen LogP contribution in [0.4, 0.5) is 0 Å². The van der Waals surface area contributed by atoms with Crippen LogP contribution in [0.2, 0.25) is 0 Å². The zero-order chi connectivity index (χ0) is 9.68. The van der Waals surface area contributed by atoms with Crippen LogP contribution in [0.1, 0.15) is 46.5 Å². The summed E-state index contributed by atoms with van der Waals surface area (Å²) in [7, 11) is 0. The van der Waals surface area contributed by atoms with Crippen LogP contribution in [-0.4, -0.2) is 13.1 Å². The highest BCUT2D eigenvalue weighted by molar-refractivity contribution is 4.78. The van der Waals surface area contributed by atoms with E-state index >= 15 is 0 Å². The van der Waals surface area contributed by atoms with Gasteiger partial charge in [0.05, 0.1) is 0 Å². The Morgan fingerprint density at radius 3 is 2.54 bits per heavy atom. The van der Waals surface area contributed by atoms with Gasteiger partial charge in [-0.15, -0.1) is 0 Å². The molecule has 1 rings (SSSR count). The molecule has 1 N–H and O–H groups in total. The van der Waals surface area contributed by atoms with E-state index in [0.29, 0.717) is 0 Å². The molecule has 13 heavy (non-hydrogen) atoms. The van der Waals surface area contributed by atoms with E-state index in [0.717, 1.165) is 17.8 Å². The molecule has 0 aromatic rings. The summed E-state index contributed by atoms with van der Waals surface area (Å²) < 4.78 is 0. The second-order valence-corrected chi connectivity index (χ2v) is 4.91. The van der Waals surface area contributed by atoms with Crippen LogP contribution < -0.4 is 5.32 Å². The first-order valence-electron chi connectivity index (χ1n) is 5.94. The number of hydrogen-bond acceptors (Lipinski definition) is 1. The van der Waals surface area contributed by atoms with Crippen molar-refractivity contribution < 1.29 is 0 Å². The van der Waals surface area contributed by atoms with Gasteiger partial charge in [-0.2, -0.15) is 0 Å². The van der Waals surface area contributed by atoms with E-state index in [1.165, 1.54) is 38.8 Å². The Morgan fingerprint density at radius 2 is 1.92 bits per heavy atom. The van der Waals surface area contributed by atoms with Crippen LogP contribution >= 0.6 is 0 Å². The molecule has 1 heteroatoms. The number of hydrogen-bond donors (Lipinski definition) is 1. The number of rotatable bonds is 5. The van der Waals surface area contributed by atoms with Crippen molar-refractivity contribution >= 4 is 0 Å². The Labute approximate surface area is 83.3 Å². The van der Waals surface area contributed by atoms with E-state index in [2.05, 4.69) is 26.1 Å². The summed E-state index contributed by atoms with van der Waals surface area (Å²) in [6, 6.07) is 0. The summed E-state index contributed by atoms with van der Waals surface area (Å²) in [4.78, 5) is 0. The number of nitrogens with one attached hydrogen (secondary N) is 1. The molecule has 78 valence electrons. The predicted molar refractivity (Wildman–Crippen MR) is 58.8 cm³/mol. The standard InChI is InChI=1S/C12H25N/c1-4-11-6-5-7-12(11)9-13-8-10(2)3/h10-13H,4-9H2,1-3H3. The summed E-state index contributed by atoms with van der Waals surface area (Å²) in [6.45, 7) is 9.34. The molecule has 0 amide bonds. The smallest absolute Gasteiger partial charge is 0.00178 e. The highest BCUT2D eigenvalue weighted by Gasteiger charge is 2.24. The molecule has 1 fully saturated rings. The first kappa shape index (κ1) is 11.0. The van der Waals surface area contributed by atoms with Crippen LogP contribution in [-0.2, 0) is 0 Å². The lowest BCUT2D eigenvalue weighted by atomic mass is 9.93. The Morgan fingerprint density at radius 1 is 1.23 bits per heavy atom. The van der Waals surface area contributed by atoms with Gasteiger partial charge < -0.3 is 5.32 Å². The van der Waals surface area contributed by atoms with Crippen molar-refractivity contribution in [2.75, 3.05) is 13.1 Å². The summed E-state index contributed by atoms with van der Waals surface area (Å²) in [5.74, 6) is 2.78. The zero-order valence-corrected chi connectivity index (χ0v) is 9.47. The van der Waals surface area contributed by atoms with Crippen molar-refractivity contribution in [2.45, 2.75) is 46.5 Å². The van der Waals surface area contributed by atoms with Gasteiger partial charge in [0.1, 0.15) is 0 Å². The minimum Gasteiger partial charge on any atom is -0.316 e. The van der Waals surface area contributed by atoms with Gasteiger partial charge in [-0.25, -0.2) is 0 Å². The van der Waals surface area contributed by atoms with Crippen molar-refractivity contribution in [2.24, 2.45) is 17.8 Å². The Kier molecular flexibility index (Phi) is 4.79. The van der Waals surface area contributed by atoms with E-state index in [4.69, 9.17) is 0 Å². The van der Waals surface area contributed by atoms with Crippen molar-refractivity contribution in [1.29, 1.82) is 0 Å². The van der Waals surface area contributed by atoms with Gasteiger partial charge in [0.2, 0.25) is 0 Å². The fourth-order valence-electron chi connectivity index (χ4n) is 2.48. The molecule has 0 aromatic carbocycles. The van der Waals surface area contributed by atoms with Crippen LogP contribution in [0.25, 0.3) is 0 Å². The molecule has 1 aliphatic rings. The quantitative estimate of drug-likeness (QED) is 0.691. The summed E-state index contributed by atoms with van der Waals surface area (Å²) in [5, 5.41) is 3.59. The summed E-state index contributed by atoms with van der Waals surface area (Å²) in [6.07, 6.45) is 5.79. The molecule has 0 heterocycles. The molecule has 1 aliphatic carbocycles. The van der Waals surface area contributed by atoms with E-state index < -0.39 is 0 Å². The van der Waals surface area contributed by atoms with Crippen molar-refractivity contribution in [3.05, 3.63) is 0 Å². The first-order chi connectivity index (χ1) is 6.24. The van der Waals surface area contributed by atoms with Gasteiger partial charge >= 0.3 is 0 Å². The third-order valence-electron chi connectivity index (χ3n) is 3.30. The van der Waals surface area contributed by atoms with Crippen LogP contribution in [0.3, 0.4) is 0 Å². The Balaban J connectivity index is 2.13. The average molecular weight is 183 g/mol. The average Bonchev–Trinajstić information content (AvgIpc) is 2.51. The molecule has 0 aromatic heterocycles. The predicted octanol–water partition coefficient (Wildman–Crippen LogP) is 3.06. The Hall–Kier alpha value is -0.0400. The molecule has 1 nitrogen and oxygen atoms in total. The van der Waals surface area contributed by atoms with Crippen LogP contribution in [0, 0.1) is 17.8 Å². The molecular weight excluding hydrogens is 158 g/mol. The summed E-state index contributed by atoms with van der Waals surface area (Å²) in [5.41, 5.74) is 0. The van der Waals surface area contributed by atoms with Crippen LogP contribution in [0.5, 0.6) is 0 Å². The van der Waals surface area contributed by atoms with Gasteiger partial charge in [-0.3, -0.25) is 0 Å². The molecule has 2 unspecified atom stereocenters. The lowest BCUT2D eigenvalue weighted by molar-refractivity contribution is 0.351. The highest BCUT2D eigenvalue weighted by atomic mass is 14.9. The maximum absolute atomic E-state index is 3.59. The third kappa shape index (κ3) is 3.68. The van der Waals surface area contributed by atoms with Crippen molar-refractivity contribution in [3.8, 4) is 0 Å². The topological polar surface area (TPSA) is 12.0 Å². The molecule has 0 bridgehead atoms. The van der Waals surface area contributed by atoms with Gasteiger partial charge in [-0.1, -0.05) is 40.0 Å². The minimum atomic E-state index is 0.793. The molecule has 0 radical (unpaired) electrons. The van der Waals surface area contributed by atoms with E-state index in [-0.39, 0.29) is 0 Å². The summed E-state index contributed by atoms with van der Waals surface area (Å²) >= 11 is 0. The monoisotopic (exact) mass is 183 g/mol. The molecule has 1 saturated carbocycles. The van der Waals surface area contributed by atoms with E-state index in [9.17, 15) is 0 Å². The van der Waals surface area contributed by atoms with Gasteiger partial charge in [-0.05, 0) is 37.3 Å².